The van der Waals surface area contributed by atoms with Gasteiger partial charge in [-0.15, -0.1) is 12.4 Å². The van der Waals surface area contributed by atoms with E-state index in [-0.39, 0.29) is 23.2 Å². The summed E-state index contributed by atoms with van der Waals surface area (Å²) in [6.07, 6.45) is 1.31. The third kappa shape index (κ3) is 5.45. The zero-order chi connectivity index (χ0) is 19.4. The second-order valence-corrected chi connectivity index (χ2v) is 8.43. The fourth-order valence-electron chi connectivity index (χ4n) is 2.58. The summed E-state index contributed by atoms with van der Waals surface area (Å²) in [5, 5.41) is 2.71. The molecule has 2 rings (SSSR count). The third-order valence-corrected chi connectivity index (χ3v) is 5.94. The van der Waals surface area contributed by atoms with E-state index in [0.717, 1.165) is 6.42 Å². The highest BCUT2D eigenvalue weighted by molar-refractivity contribution is 7.92. The summed E-state index contributed by atoms with van der Waals surface area (Å²) in [6.45, 7) is 3.61. The molecule has 6 nitrogen and oxygen atoms in total. The molecule has 0 aliphatic rings. The number of carbonyl (C=O) groups excluding carboxylic acids is 1. The molecule has 0 heterocycles. The summed E-state index contributed by atoms with van der Waals surface area (Å²) in [5.41, 5.74) is 5.97. The van der Waals surface area contributed by atoms with Crippen LogP contribution in [-0.4, -0.2) is 26.9 Å². The van der Waals surface area contributed by atoms with Crippen LogP contribution in [0.5, 0.6) is 0 Å². The fourth-order valence-corrected chi connectivity index (χ4v) is 3.82. The molecule has 1 amide bonds. The Morgan fingerprint density at radius 3 is 2.37 bits per heavy atom. The molecule has 8 heteroatoms. The zero-order valence-corrected chi connectivity index (χ0v) is 17.3. The van der Waals surface area contributed by atoms with E-state index in [4.69, 9.17) is 5.73 Å². The van der Waals surface area contributed by atoms with Gasteiger partial charge >= 0.3 is 0 Å². The second-order valence-electron chi connectivity index (χ2n) is 6.46. The quantitative estimate of drug-likeness (QED) is 0.730. The topological polar surface area (TPSA) is 92.5 Å². The van der Waals surface area contributed by atoms with Gasteiger partial charge in [-0.3, -0.25) is 9.10 Å². The van der Waals surface area contributed by atoms with E-state index in [0.29, 0.717) is 17.8 Å². The lowest BCUT2D eigenvalue weighted by molar-refractivity contribution is -0.120. The van der Waals surface area contributed by atoms with E-state index >= 15 is 0 Å². The fraction of sp³-hybridized carbons (Fsp3) is 0.316. The minimum Gasteiger partial charge on any atom is -0.324 e. The minimum absolute atomic E-state index is 0. The van der Waals surface area contributed by atoms with Crippen LogP contribution in [0.3, 0.4) is 0 Å². The predicted octanol–water partition coefficient (Wildman–Crippen LogP) is 3.39. The molecule has 0 radical (unpaired) electrons. The van der Waals surface area contributed by atoms with Gasteiger partial charge in [-0.25, -0.2) is 8.42 Å². The Hall–Kier alpha value is -2.09. The second kappa shape index (κ2) is 9.21. The van der Waals surface area contributed by atoms with Crippen molar-refractivity contribution in [1.82, 2.24) is 0 Å². The maximum Gasteiger partial charge on any atom is 0.264 e. The molecule has 0 saturated carbocycles. The van der Waals surface area contributed by atoms with Gasteiger partial charge in [0.15, 0.2) is 0 Å². The first-order valence-corrected chi connectivity index (χ1v) is 9.87. The molecule has 0 aliphatic heterocycles. The van der Waals surface area contributed by atoms with Crippen molar-refractivity contribution in [3.8, 4) is 0 Å². The number of nitrogens with one attached hydrogen (secondary N) is 1. The van der Waals surface area contributed by atoms with Crippen molar-refractivity contribution >= 4 is 39.7 Å². The number of hydrogen-bond acceptors (Lipinski definition) is 4. The Morgan fingerprint density at radius 1 is 1.15 bits per heavy atom. The summed E-state index contributed by atoms with van der Waals surface area (Å²) >= 11 is 0. The Kier molecular flexibility index (Phi) is 7.83. The van der Waals surface area contributed by atoms with E-state index in [1.54, 1.807) is 43.3 Å². The third-order valence-electron chi connectivity index (χ3n) is 4.16. The molecule has 1 unspecified atom stereocenters. The van der Waals surface area contributed by atoms with Gasteiger partial charge in [-0.1, -0.05) is 37.6 Å². The SMILES string of the molecule is CCCC(C)(N)C(=O)Nc1cccc(S(=O)(=O)N(C)c2ccccc2)c1.Cl. The molecular formula is C19H26ClN3O3S. The molecule has 0 aliphatic carbocycles. The molecule has 3 N–H and O–H groups in total. The Labute approximate surface area is 167 Å². The number of hydrogen-bond donors (Lipinski definition) is 2. The van der Waals surface area contributed by atoms with Crippen LogP contribution in [0.25, 0.3) is 0 Å². The van der Waals surface area contributed by atoms with Crippen molar-refractivity contribution in [3.05, 3.63) is 54.6 Å². The van der Waals surface area contributed by atoms with Crippen LogP contribution in [0.4, 0.5) is 11.4 Å². The largest absolute Gasteiger partial charge is 0.324 e. The smallest absolute Gasteiger partial charge is 0.264 e. The van der Waals surface area contributed by atoms with Crippen molar-refractivity contribution in [2.75, 3.05) is 16.7 Å². The molecule has 148 valence electrons. The van der Waals surface area contributed by atoms with E-state index in [1.807, 2.05) is 13.0 Å². The molecule has 0 spiro atoms. The highest BCUT2D eigenvalue weighted by atomic mass is 35.5. The number of amides is 1. The van der Waals surface area contributed by atoms with Crippen LogP contribution >= 0.6 is 12.4 Å². The summed E-state index contributed by atoms with van der Waals surface area (Å²) in [7, 11) is -2.25. The Bertz CT molecular complexity index is 871. The van der Waals surface area contributed by atoms with Gasteiger partial charge in [0, 0.05) is 12.7 Å². The molecule has 27 heavy (non-hydrogen) atoms. The van der Waals surface area contributed by atoms with E-state index in [1.165, 1.54) is 23.5 Å². The average molecular weight is 412 g/mol. The average Bonchev–Trinajstić information content (AvgIpc) is 2.62. The summed E-state index contributed by atoms with van der Waals surface area (Å²) in [4.78, 5) is 12.4. The summed E-state index contributed by atoms with van der Waals surface area (Å²) < 4.78 is 26.9. The maximum absolute atomic E-state index is 12.9. The number of nitrogens with zero attached hydrogens (tertiary/aromatic N) is 1. The van der Waals surface area contributed by atoms with Gasteiger partial charge in [-0.2, -0.15) is 0 Å². The number of benzene rings is 2. The predicted molar refractivity (Wildman–Crippen MR) is 112 cm³/mol. The minimum atomic E-state index is -3.75. The van der Waals surface area contributed by atoms with Gasteiger partial charge in [-0.05, 0) is 43.7 Å². The lowest BCUT2D eigenvalue weighted by atomic mass is 9.96. The number of halogens is 1. The standard InChI is InChI=1S/C19H25N3O3S.ClH/c1-4-13-19(2,20)18(23)21-15-9-8-12-17(14-15)26(24,25)22(3)16-10-6-5-7-11-16;/h5-12,14H,4,13,20H2,1-3H3,(H,21,23);1H. The lowest BCUT2D eigenvalue weighted by Crippen LogP contribution is -2.48. The van der Waals surface area contributed by atoms with Gasteiger partial charge < -0.3 is 11.1 Å². The highest BCUT2D eigenvalue weighted by Gasteiger charge is 2.28. The molecule has 2 aromatic carbocycles. The van der Waals surface area contributed by atoms with Crippen LogP contribution in [0.2, 0.25) is 0 Å². The maximum atomic E-state index is 12.9. The first-order chi connectivity index (χ1) is 12.2. The van der Waals surface area contributed by atoms with Crippen molar-refractivity contribution in [1.29, 1.82) is 0 Å². The molecule has 0 bridgehead atoms. The molecular weight excluding hydrogens is 386 g/mol. The molecule has 0 saturated heterocycles. The monoisotopic (exact) mass is 411 g/mol. The van der Waals surface area contributed by atoms with Gasteiger partial charge in [0.25, 0.3) is 10.0 Å². The molecule has 2 aromatic rings. The van der Waals surface area contributed by atoms with Crippen LogP contribution in [-0.2, 0) is 14.8 Å². The summed E-state index contributed by atoms with van der Waals surface area (Å²) in [5.74, 6) is -0.342. The van der Waals surface area contributed by atoms with Gasteiger partial charge in [0.2, 0.25) is 5.91 Å². The number of anilines is 2. The molecule has 1 atom stereocenters. The van der Waals surface area contributed by atoms with Crippen LogP contribution in [0.15, 0.2) is 59.5 Å². The van der Waals surface area contributed by atoms with E-state index in [9.17, 15) is 13.2 Å². The van der Waals surface area contributed by atoms with Crippen LogP contribution < -0.4 is 15.4 Å². The van der Waals surface area contributed by atoms with Crippen LogP contribution in [0.1, 0.15) is 26.7 Å². The number of rotatable bonds is 7. The summed E-state index contributed by atoms with van der Waals surface area (Å²) in [6, 6.07) is 15.0. The first-order valence-electron chi connectivity index (χ1n) is 8.43. The van der Waals surface area contributed by atoms with Crippen molar-refractivity contribution < 1.29 is 13.2 Å². The Morgan fingerprint density at radius 2 is 1.78 bits per heavy atom. The number of sulfonamides is 1. The molecule has 0 fully saturated rings. The lowest BCUT2D eigenvalue weighted by Gasteiger charge is -2.23. The van der Waals surface area contributed by atoms with Crippen LogP contribution in [0, 0.1) is 0 Å². The highest BCUT2D eigenvalue weighted by Crippen LogP contribution is 2.24. The number of carbonyl (C=O) groups is 1. The Balaban J connectivity index is 0.00000364. The number of nitrogens with two attached hydrogens (primary N) is 1. The van der Waals surface area contributed by atoms with Gasteiger partial charge in [0.05, 0.1) is 16.1 Å². The van der Waals surface area contributed by atoms with Crippen molar-refractivity contribution in [2.45, 2.75) is 37.1 Å². The van der Waals surface area contributed by atoms with E-state index < -0.39 is 15.6 Å². The van der Waals surface area contributed by atoms with E-state index in [2.05, 4.69) is 5.32 Å². The number of para-hydroxylation sites is 1. The first kappa shape index (κ1) is 23.0. The van der Waals surface area contributed by atoms with Gasteiger partial charge in [0.1, 0.15) is 0 Å². The molecule has 0 aromatic heterocycles. The van der Waals surface area contributed by atoms with Crippen molar-refractivity contribution in [2.24, 2.45) is 5.73 Å². The van der Waals surface area contributed by atoms with Crippen molar-refractivity contribution in [3.63, 3.8) is 0 Å². The normalized spacial score (nSPS) is 13.2. The zero-order valence-electron chi connectivity index (χ0n) is 15.7.